The van der Waals surface area contributed by atoms with E-state index >= 15 is 0 Å². The van der Waals surface area contributed by atoms with Crippen LogP contribution in [0.5, 0.6) is 0 Å². The second kappa shape index (κ2) is 14.2. The molecule has 12 heteroatoms. The van der Waals surface area contributed by atoms with Gasteiger partial charge in [-0.15, -0.1) is 0 Å². The van der Waals surface area contributed by atoms with Crippen LogP contribution in [0, 0.1) is 0 Å². The number of imide groups is 1. The van der Waals surface area contributed by atoms with Crippen LogP contribution in [0.3, 0.4) is 0 Å². The number of fused-ring (bicyclic) bond motifs is 1. The summed E-state index contributed by atoms with van der Waals surface area (Å²) in [7, 11) is 0. The quantitative estimate of drug-likeness (QED) is 0.245. The van der Waals surface area contributed by atoms with E-state index in [0.717, 1.165) is 6.42 Å². The zero-order chi connectivity index (χ0) is 29.3. The van der Waals surface area contributed by atoms with Crippen molar-refractivity contribution < 1.29 is 33.4 Å². The molecule has 3 rings (SSSR count). The molecule has 220 valence electrons. The molecule has 0 radical (unpaired) electrons. The van der Waals surface area contributed by atoms with Crippen LogP contribution in [0.1, 0.15) is 75.2 Å². The Morgan fingerprint density at radius 1 is 1.12 bits per heavy atom. The second-order valence-corrected chi connectivity index (χ2v) is 11.0. The van der Waals surface area contributed by atoms with Gasteiger partial charge in [0.25, 0.3) is 5.91 Å². The van der Waals surface area contributed by atoms with Crippen LogP contribution < -0.4 is 16.4 Å². The van der Waals surface area contributed by atoms with Gasteiger partial charge in [-0.2, -0.15) is 0 Å². The Bertz CT molecular complexity index is 1100. The number of hydrogen-bond acceptors (Lipinski definition) is 8. The van der Waals surface area contributed by atoms with Crippen molar-refractivity contribution in [1.82, 2.24) is 15.1 Å². The summed E-state index contributed by atoms with van der Waals surface area (Å²) in [6, 6.07) is 4.40. The molecule has 12 nitrogen and oxygen atoms in total. The van der Waals surface area contributed by atoms with Gasteiger partial charge in [0.15, 0.2) is 0 Å². The van der Waals surface area contributed by atoms with Crippen molar-refractivity contribution in [2.75, 3.05) is 38.2 Å². The van der Waals surface area contributed by atoms with Crippen LogP contribution in [0.15, 0.2) is 18.2 Å². The Labute approximate surface area is 234 Å². The van der Waals surface area contributed by atoms with Gasteiger partial charge in [0.05, 0.1) is 13.2 Å². The largest absolute Gasteiger partial charge is 0.444 e. The number of nitrogens with two attached hydrogens (primary N) is 1. The lowest BCUT2D eigenvalue weighted by atomic mass is 10.0. The number of unbranched alkanes of at least 4 members (excludes halogenated alkanes) is 2. The SMILES string of the molecule is CC(C)(C)OC(=O)N(CCCCCC(=O)Nc1cccc2c1CN(C1CCC(=O)NC1=O)C2=O)CCOCCN. The van der Waals surface area contributed by atoms with Crippen molar-refractivity contribution in [3.05, 3.63) is 29.3 Å². The monoisotopic (exact) mass is 559 g/mol. The fraction of sp³-hybridized carbons (Fsp3) is 0.607. The van der Waals surface area contributed by atoms with Crippen LogP contribution >= 0.6 is 0 Å². The third-order valence-electron chi connectivity index (χ3n) is 6.61. The highest BCUT2D eigenvalue weighted by Gasteiger charge is 2.40. The number of hydrogen-bond donors (Lipinski definition) is 3. The van der Waals surface area contributed by atoms with Crippen molar-refractivity contribution in [2.45, 2.75) is 77.5 Å². The fourth-order valence-corrected chi connectivity index (χ4v) is 4.66. The molecule has 0 aromatic heterocycles. The Balaban J connectivity index is 1.47. The molecule has 0 aliphatic carbocycles. The average molecular weight is 560 g/mol. The van der Waals surface area contributed by atoms with E-state index in [0.29, 0.717) is 62.5 Å². The maximum Gasteiger partial charge on any atom is 0.410 e. The van der Waals surface area contributed by atoms with Crippen molar-refractivity contribution in [1.29, 1.82) is 0 Å². The van der Waals surface area contributed by atoms with Gasteiger partial charge in [0.2, 0.25) is 17.7 Å². The molecule has 1 aromatic rings. The number of piperidine rings is 1. The number of nitrogens with zero attached hydrogens (tertiary/aromatic N) is 2. The third-order valence-corrected chi connectivity index (χ3v) is 6.61. The number of benzene rings is 1. The van der Waals surface area contributed by atoms with Crippen LogP contribution in [0.2, 0.25) is 0 Å². The maximum atomic E-state index is 13.0. The van der Waals surface area contributed by atoms with E-state index < -0.39 is 23.6 Å². The summed E-state index contributed by atoms with van der Waals surface area (Å²) < 4.78 is 10.9. The Morgan fingerprint density at radius 3 is 2.60 bits per heavy atom. The maximum absolute atomic E-state index is 13.0. The zero-order valence-electron chi connectivity index (χ0n) is 23.6. The van der Waals surface area contributed by atoms with Crippen molar-refractivity contribution in [3.8, 4) is 0 Å². The van der Waals surface area contributed by atoms with E-state index in [1.807, 2.05) is 20.8 Å². The van der Waals surface area contributed by atoms with Gasteiger partial charge in [0.1, 0.15) is 11.6 Å². The number of amides is 5. The molecule has 0 saturated carbocycles. The third kappa shape index (κ3) is 8.75. The molecule has 2 heterocycles. The molecular formula is C28H41N5O7. The molecular weight excluding hydrogens is 518 g/mol. The number of carbonyl (C=O) groups is 5. The molecule has 2 aliphatic heterocycles. The first kappa shape index (κ1) is 31.0. The minimum atomic E-state index is -0.714. The Hall–Kier alpha value is -3.51. The summed E-state index contributed by atoms with van der Waals surface area (Å²) in [5.74, 6) is -1.29. The number of ether oxygens (including phenoxy) is 2. The molecule has 5 amide bonds. The zero-order valence-corrected chi connectivity index (χ0v) is 23.6. The summed E-state index contributed by atoms with van der Waals surface area (Å²) in [5.41, 5.74) is 6.49. The van der Waals surface area contributed by atoms with Gasteiger partial charge < -0.3 is 30.3 Å². The topological polar surface area (TPSA) is 160 Å². The summed E-state index contributed by atoms with van der Waals surface area (Å²) in [4.78, 5) is 65.1. The molecule has 40 heavy (non-hydrogen) atoms. The van der Waals surface area contributed by atoms with Gasteiger partial charge >= 0.3 is 6.09 Å². The number of carbonyl (C=O) groups excluding carboxylic acids is 5. The molecule has 1 saturated heterocycles. The minimum Gasteiger partial charge on any atom is -0.444 e. The highest BCUT2D eigenvalue weighted by atomic mass is 16.6. The lowest BCUT2D eigenvalue weighted by molar-refractivity contribution is -0.137. The van der Waals surface area contributed by atoms with Gasteiger partial charge in [0, 0.05) is 55.8 Å². The summed E-state index contributed by atoms with van der Waals surface area (Å²) in [5, 5.41) is 5.20. The van der Waals surface area contributed by atoms with Crippen molar-refractivity contribution in [2.24, 2.45) is 5.73 Å². The molecule has 1 fully saturated rings. The van der Waals surface area contributed by atoms with Gasteiger partial charge in [-0.1, -0.05) is 12.5 Å². The highest BCUT2D eigenvalue weighted by Crippen LogP contribution is 2.32. The molecule has 1 atom stereocenters. The van der Waals surface area contributed by atoms with Crippen LogP contribution in [-0.4, -0.2) is 84.0 Å². The first-order valence-corrected chi connectivity index (χ1v) is 13.8. The lowest BCUT2D eigenvalue weighted by Crippen LogP contribution is -2.52. The number of rotatable bonds is 13. The molecule has 2 aliphatic rings. The Morgan fingerprint density at radius 2 is 1.90 bits per heavy atom. The number of nitrogens with one attached hydrogen (secondary N) is 2. The van der Waals surface area contributed by atoms with Crippen molar-refractivity contribution >= 4 is 35.4 Å². The van der Waals surface area contributed by atoms with E-state index in [1.165, 1.54) is 4.90 Å². The summed E-state index contributed by atoms with van der Waals surface area (Å²) >= 11 is 0. The van der Waals surface area contributed by atoms with E-state index in [4.69, 9.17) is 15.2 Å². The second-order valence-electron chi connectivity index (χ2n) is 11.0. The average Bonchev–Trinajstić information content (AvgIpc) is 3.21. The Kier molecular flexibility index (Phi) is 11.0. The lowest BCUT2D eigenvalue weighted by Gasteiger charge is -2.29. The van der Waals surface area contributed by atoms with Crippen LogP contribution in [-0.2, 0) is 30.4 Å². The van der Waals surface area contributed by atoms with E-state index in [1.54, 1.807) is 23.1 Å². The molecule has 4 N–H and O–H groups in total. The van der Waals surface area contributed by atoms with Gasteiger partial charge in [-0.3, -0.25) is 24.5 Å². The fourth-order valence-electron chi connectivity index (χ4n) is 4.66. The van der Waals surface area contributed by atoms with E-state index in [9.17, 15) is 24.0 Å². The summed E-state index contributed by atoms with van der Waals surface area (Å²) in [6.07, 6.45) is 2.37. The van der Waals surface area contributed by atoms with E-state index in [-0.39, 0.29) is 43.5 Å². The first-order valence-electron chi connectivity index (χ1n) is 13.8. The predicted octanol–water partition coefficient (Wildman–Crippen LogP) is 2.16. The van der Waals surface area contributed by atoms with Crippen LogP contribution in [0.25, 0.3) is 0 Å². The predicted molar refractivity (Wildman–Crippen MR) is 147 cm³/mol. The van der Waals surface area contributed by atoms with Crippen molar-refractivity contribution in [3.63, 3.8) is 0 Å². The van der Waals surface area contributed by atoms with Crippen LogP contribution in [0.4, 0.5) is 10.5 Å². The molecule has 1 unspecified atom stereocenters. The first-order chi connectivity index (χ1) is 19.0. The standard InChI is InChI=1S/C28H41N5O7/c1-28(2,3)40-27(38)32(15-17-39-16-13-29)14-6-4-5-10-23(34)30-21-9-7-8-19-20(21)18-33(26(19)37)22-11-12-24(35)31-25(22)36/h7-9,22H,4-6,10-18,29H2,1-3H3,(H,30,34)(H,31,35,36). The van der Waals surface area contributed by atoms with Gasteiger partial charge in [-0.25, -0.2) is 4.79 Å². The highest BCUT2D eigenvalue weighted by molar-refractivity contribution is 6.06. The smallest absolute Gasteiger partial charge is 0.410 e. The minimum absolute atomic E-state index is 0.178. The molecule has 0 bridgehead atoms. The molecule has 1 aromatic carbocycles. The summed E-state index contributed by atoms with van der Waals surface area (Å²) in [6.45, 7) is 7.71. The van der Waals surface area contributed by atoms with E-state index in [2.05, 4.69) is 10.6 Å². The molecule has 0 spiro atoms. The van der Waals surface area contributed by atoms with Gasteiger partial charge in [-0.05, 0) is 52.2 Å². The number of anilines is 1. The normalized spacial score (nSPS) is 16.9.